The summed E-state index contributed by atoms with van der Waals surface area (Å²) in [6.45, 7) is 2.14. The molecule has 1 atom stereocenters. The molecule has 78 valence electrons. The van der Waals surface area contributed by atoms with Crippen molar-refractivity contribution in [1.29, 1.82) is 0 Å². The minimum Gasteiger partial charge on any atom is -0.313 e. The van der Waals surface area contributed by atoms with Crippen molar-refractivity contribution in [2.45, 2.75) is 13.0 Å². The van der Waals surface area contributed by atoms with E-state index < -0.39 is 0 Å². The molecule has 0 radical (unpaired) electrons. The Bertz CT molecular complexity index is 403. The quantitative estimate of drug-likeness (QED) is 0.824. The molecular weight excluding hydrogens is 186 g/mol. The second-order valence-electron chi connectivity index (χ2n) is 3.55. The molecule has 3 nitrogen and oxygen atoms in total. The van der Waals surface area contributed by atoms with Gasteiger partial charge in [0.1, 0.15) is 0 Å². The Kier molecular flexibility index (Phi) is 2.83. The molecule has 0 amide bonds. The van der Waals surface area contributed by atoms with Gasteiger partial charge in [-0.1, -0.05) is 12.1 Å². The Balaban J connectivity index is 2.25. The predicted molar refractivity (Wildman–Crippen MR) is 61.0 cm³/mol. The maximum Gasteiger partial charge on any atom is 0.0645 e. The highest BCUT2D eigenvalue weighted by Crippen LogP contribution is 2.14. The Morgan fingerprint density at radius 3 is 2.53 bits per heavy atom. The van der Waals surface area contributed by atoms with Gasteiger partial charge in [0.15, 0.2) is 0 Å². The van der Waals surface area contributed by atoms with Gasteiger partial charge >= 0.3 is 0 Å². The molecule has 2 aromatic rings. The van der Waals surface area contributed by atoms with Gasteiger partial charge in [-0.3, -0.25) is 0 Å². The average molecular weight is 201 g/mol. The van der Waals surface area contributed by atoms with E-state index in [1.165, 1.54) is 5.56 Å². The number of rotatable bonds is 3. The lowest BCUT2D eigenvalue weighted by Gasteiger charge is -2.10. The molecule has 0 aliphatic carbocycles. The summed E-state index contributed by atoms with van der Waals surface area (Å²) in [6.07, 6.45) is 3.72. The Hall–Kier alpha value is -1.61. The molecule has 0 aliphatic heterocycles. The summed E-state index contributed by atoms with van der Waals surface area (Å²) in [5, 5.41) is 7.40. The van der Waals surface area contributed by atoms with Crippen LogP contribution in [0.3, 0.4) is 0 Å². The highest BCUT2D eigenvalue weighted by molar-refractivity contribution is 5.34. The van der Waals surface area contributed by atoms with Crippen LogP contribution in [0, 0.1) is 0 Å². The topological polar surface area (TPSA) is 29.9 Å². The highest BCUT2D eigenvalue weighted by Gasteiger charge is 2.02. The zero-order valence-corrected chi connectivity index (χ0v) is 9.01. The SMILES string of the molecule is CNC(C)c1ccc(-n2cccn2)cc1. The third kappa shape index (κ3) is 2.07. The van der Waals surface area contributed by atoms with E-state index in [4.69, 9.17) is 0 Å². The van der Waals surface area contributed by atoms with Crippen molar-refractivity contribution >= 4 is 0 Å². The molecule has 0 aliphatic rings. The van der Waals surface area contributed by atoms with E-state index in [9.17, 15) is 0 Å². The highest BCUT2D eigenvalue weighted by atomic mass is 15.3. The van der Waals surface area contributed by atoms with Gasteiger partial charge in [0.25, 0.3) is 0 Å². The zero-order valence-electron chi connectivity index (χ0n) is 9.01. The van der Waals surface area contributed by atoms with E-state index in [0.29, 0.717) is 6.04 Å². The normalized spacial score (nSPS) is 12.7. The smallest absolute Gasteiger partial charge is 0.0645 e. The Morgan fingerprint density at radius 1 is 1.27 bits per heavy atom. The lowest BCUT2D eigenvalue weighted by atomic mass is 10.1. The summed E-state index contributed by atoms with van der Waals surface area (Å²) >= 11 is 0. The van der Waals surface area contributed by atoms with E-state index in [2.05, 4.69) is 41.6 Å². The van der Waals surface area contributed by atoms with Crippen LogP contribution >= 0.6 is 0 Å². The van der Waals surface area contributed by atoms with Crippen molar-refractivity contribution in [3.8, 4) is 5.69 Å². The van der Waals surface area contributed by atoms with Gasteiger partial charge in [-0.15, -0.1) is 0 Å². The minimum atomic E-state index is 0.386. The molecule has 15 heavy (non-hydrogen) atoms. The van der Waals surface area contributed by atoms with Gasteiger partial charge in [0.05, 0.1) is 5.69 Å². The molecule has 3 heteroatoms. The van der Waals surface area contributed by atoms with Crippen LogP contribution in [0.2, 0.25) is 0 Å². The largest absolute Gasteiger partial charge is 0.313 e. The first-order valence-corrected chi connectivity index (χ1v) is 5.08. The molecule has 1 aromatic carbocycles. The molecule has 2 rings (SSSR count). The summed E-state index contributed by atoms with van der Waals surface area (Å²) in [4.78, 5) is 0. The molecular formula is C12H15N3. The molecule has 1 heterocycles. The first-order valence-electron chi connectivity index (χ1n) is 5.08. The average Bonchev–Trinajstić information content (AvgIpc) is 2.82. The van der Waals surface area contributed by atoms with E-state index in [1.54, 1.807) is 6.20 Å². The van der Waals surface area contributed by atoms with Crippen molar-refractivity contribution < 1.29 is 0 Å². The van der Waals surface area contributed by atoms with Gasteiger partial charge in [-0.05, 0) is 37.7 Å². The summed E-state index contributed by atoms with van der Waals surface area (Å²) in [5.41, 5.74) is 2.38. The molecule has 0 saturated heterocycles. The predicted octanol–water partition coefficient (Wildman–Crippen LogP) is 2.15. The van der Waals surface area contributed by atoms with E-state index in [-0.39, 0.29) is 0 Å². The van der Waals surface area contributed by atoms with E-state index in [1.807, 2.05) is 24.0 Å². The summed E-state index contributed by atoms with van der Waals surface area (Å²) < 4.78 is 1.85. The maximum absolute atomic E-state index is 4.18. The van der Waals surface area contributed by atoms with Crippen LogP contribution in [-0.2, 0) is 0 Å². The number of nitrogens with one attached hydrogen (secondary N) is 1. The lowest BCUT2D eigenvalue weighted by Crippen LogP contribution is -2.12. The van der Waals surface area contributed by atoms with Gasteiger partial charge in [-0.2, -0.15) is 5.10 Å². The molecule has 1 unspecified atom stereocenters. The second kappa shape index (κ2) is 4.28. The third-order valence-electron chi connectivity index (χ3n) is 2.60. The molecule has 0 bridgehead atoms. The molecule has 0 spiro atoms. The van der Waals surface area contributed by atoms with Crippen LogP contribution in [-0.4, -0.2) is 16.8 Å². The van der Waals surface area contributed by atoms with Gasteiger partial charge in [-0.25, -0.2) is 4.68 Å². The Morgan fingerprint density at radius 2 is 2.00 bits per heavy atom. The zero-order chi connectivity index (χ0) is 10.7. The van der Waals surface area contributed by atoms with Gasteiger partial charge in [0, 0.05) is 18.4 Å². The first kappa shape index (κ1) is 9.93. The number of hydrogen-bond acceptors (Lipinski definition) is 2. The van der Waals surface area contributed by atoms with E-state index >= 15 is 0 Å². The fourth-order valence-corrected chi connectivity index (χ4v) is 1.50. The van der Waals surface area contributed by atoms with Gasteiger partial charge < -0.3 is 5.32 Å². The van der Waals surface area contributed by atoms with Crippen molar-refractivity contribution in [2.24, 2.45) is 0 Å². The van der Waals surface area contributed by atoms with Crippen LogP contribution < -0.4 is 5.32 Å². The standard InChI is InChI=1S/C12H15N3/c1-10(13-2)11-4-6-12(7-5-11)15-9-3-8-14-15/h3-10,13H,1-2H3. The summed E-state index contributed by atoms with van der Waals surface area (Å²) in [6, 6.07) is 10.7. The summed E-state index contributed by atoms with van der Waals surface area (Å²) in [5.74, 6) is 0. The van der Waals surface area contributed by atoms with Crippen LogP contribution in [0.4, 0.5) is 0 Å². The van der Waals surface area contributed by atoms with E-state index in [0.717, 1.165) is 5.69 Å². The number of nitrogens with zero attached hydrogens (tertiary/aromatic N) is 2. The fraction of sp³-hybridized carbons (Fsp3) is 0.250. The van der Waals surface area contributed by atoms with Crippen LogP contribution in [0.1, 0.15) is 18.5 Å². The lowest BCUT2D eigenvalue weighted by molar-refractivity contribution is 0.652. The third-order valence-corrected chi connectivity index (χ3v) is 2.60. The monoisotopic (exact) mass is 201 g/mol. The molecule has 0 saturated carbocycles. The van der Waals surface area contributed by atoms with Crippen molar-refractivity contribution in [3.63, 3.8) is 0 Å². The second-order valence-corrected chi connectivity index (χ2v) is 3.55. The summed E-state index contributed by atoms with van der Waals surface area (Å²) in [7, 11) is 1.96. The molecule has 1 aromatic heterocycles. The maximum atomic E-state index is 4.18. The van der Waals surface area contributed by atoms with Crippen LogP contribution in [0.25, 0.3) is 5.69 Å². The number of aromatic nitrogens is 2. The minimum absolute atomic E-state index is 0.386. The van der Waals surface area contributed by atoms with Crippen molar-refractivity contribution in [2.75, 3.05) is 7.05 Å². The van der Waals surface area contributed by atoms with Gasteiger partial charge in [0.2, 0.25) is 0 Å². The fourth-order valence-electron chi connectivity index (χ4n) is 1.50. The Labute approximate surface area is 89.7 Å². The first-order chi connectivity index (χ1) is 7.31. The van der Waals surface area contributed by atoms with Crippen LogP contribution in [0.15, 0.2) is 42.7 Å². The molecule has 1 N–H and O–H groups in total. The number of hydrogen-bond donors (Lipinski definition) is 1. The van der Waals surface area contributed by atoms with Crippen molar-refractivity contribution in [3.05, 3.63) is 48.3 Å². The number of benzene rings is 1. The molecule has 0 fully saturated rings. The van der Waals surface area contributed by atoms with Crippen molar-refractivity contribution in [1.82, 2.24) is 15.1 Å². The van der Waals surface area contributed by atoms with Crippen LogP contribution in [0.5, 0.6) is 0 Å².